The normalized spacial score (nSPS) is 11.7. The number of rotatable bonds is 5. The fraction of sp³-hybridized carbons (Fsp3) is 0.385. The minimum absolute atomic E-state index is 0.0351. The molecule has 3 N–H and O–H groups in total. The van der Waals surface area contributed by atoms with Crippen molar-refractivity contribution in [3.8, 4) is 0 Å². The molecule has 18 heavy (non-hydrogen) atoms. The fourth-order valence-corrected chi connectivity index (χ4v) is 1.51. The lowest BCUT2D eigenvalue weighted by Gasteiger charge is -2.13. The molecule has 1 aromatic rings. The minimum atomic E-state index is -0.219. The SMILES string of the molecule is CC(=O)Nc1cccc(C(=O)NC(C)CCO)c1. The van der Waals surface area contributed by atoms with E-state index < -0.39 is 0 Å². The number of nitrogens with one attached hydrogen (secondary N) is 2. The van der Waals surface area contributed by atoms with Crippen molar-refractivity contribution in [1.29, 1.82) is 0 Å². The highest BCUT2D eigenvalue weighted by Crippen LogP contribution is 2.10. The Balaban J connectivity index is 2.70. The van der Waals surface area contributed by atoms with Crippen molar-refractivity contribution in [2.45, 2.75) is 26.3 Å². The van der Waals surface area contributed by atoms with Crippen LogP contribution in [0.1, 0.15) is 30.6 Å². The average molecular weight is 250 g/mol. The lowest BCUT2D eigenvalue weighted by molar-refractivity contribution is -0.114. The van der Waals surface area contributed by atoms with Crippen molar-refractivity contribution in [2.75, 3.05) is 11.9 Å². The van der Waals surface area contributed by atoms with Gasteiger partial charge < -0.3 is 15.7 Å². The Morgan fingerprint density at radius 3 is 2.72 bits per heavy atom. The van der Waals surface area contributed by atoms with Crippen molar-refractivity contribution in [3.05, 3.63) is 29.8 Å². The van der Waals surface area contributed by atoms with Crippen molar-refractivity contribution in [2.24, 2.45) is 0 Å². The largest absolute Gasteiger partial charge is 0.396 e. The van der Waals surface area contributed by atoms with E-state index in [0.29, 0.717) is 17.7 Å². The molecule has 0 aliphatic rings. The van der Waals surface area contributed by atoms with E-state index in [-0.39, 0.29) is 24.5 Å². The summed E-state index contributed by atoms with van der Waals surface area (Å²) in [4.78, 5) is 22.8. The molecule has 0 saturated carbocycles. The number of benzene rings is 1. The number of carbonyl (C=O) groups excluding carboxylic acids is 2. The predicted octanol–water partition coefficient (Wildman–Crippen LogP) is 1.15. The molecule has 0 heterocycles. The standard InChI is InChI=1S/C13H18N2O3/c1-9(6-7-16)14-13(18)11-4-3-5-12(8-11)15-10(2)17/h3-5,8-9,16H,6-7H2,1-2H3,(H,14,18)(H,15,17). The third-order valence-electron chi connectivity index (χ3n) is 2.38. The summed E-state index contributed by atoms with van der Waals surface area (Å²) in [6.45, 7) is 3.27. The zero-order chi connectivity index (χ0) is 13.5. The van der Waals surface area contributed by atoms with Crippen molar-refractivity contribution in [3.63, 3.8) is 0 Å². The molecule has 1 atom stereocenters. The van der Waals surface area contributed by atoms with E-state index in [9.17, 15) is 9.59 Å². The Morgan fingerprint density at radius 2 is 2.11 bits per heavy atom. The molecule has 0 aliphatic heterocycles. The smallest absolute Gasteiger partial charge is 0.251 e. The monoisotopic (exact) mass is 250 g/mol. The topological polar surface area (TPSA) is 78.4 Å². The molecule has 0 aromatic heterocycles. The molecule has 0 radical (unpaired) electrons. The lowest BCUT2D eigenvalue weighted by atomic mass is 10.1. The van der Waals surface area contributed by atoms with E-state index in [4.69, 9.17) is 5.11 Å². The molecule has 0 spiro atoms. The first kappa shape index (κ1) is 14.2. The highest BCUT2D eigenvalue weighted by Gasteiger charge is 2.09. The van der Waals surface area contributed by atoms with Crippen LogP contribution in [0.25, 0.3) is 0 Å². The van der Waals surface area contributed by atoms with Crippen LogP contribution in [0.4, 0.5) is 5.69 Å². The van der Waals surface area contributed by atoms with Crippen LogP contribution in [0.5, 0.6) is 0 Å². The second-order valence-electron chi connectivity index (χ2n) is 4.15. The number of carbonyl (C=O) groups is 2. The quantitative estimate of drug-likeness (QED) is 0.733. The third-order valence-corrected chi connectivity index (χ3v) is 2.38. The zero-order valence-electron chi connectivity index (χ0n) is 10.6. The van der Waals surface area contributed by atoms with Crippen LogP contribution >= 0.6 is 0 Å². The van der Waals surface area contributed by atoms with Crippen molar-refractivity contribution < 1.29 is 14.7 Å². The summed E-state index contributed by atoms with van der Waals surface area (Å²) in [6, 6.07) is 6.62. The Kier molecular flexibility index (Phi) is 5.32. The van der Waals surface area contributed by atoms with Gasteiger partial charge in [-0.15, -0.1) is 0 Å². The minimum Gasteiger partial charge on any atom is -0.396 e. The molecular formula is C13H18N2O3. The van der Waals surface area contributed by atoms with Gasteiger partial charge in [0.1, 0.15) is 0 Å². The van der Waals surface area contributed by atoms with E-state index >= 15 is 0 Å². The zero-order valence-corrected chi connectivity index (χ0v) is 10.6. The second-order valence-corrected chi connectivity index (χ2v) is 4.15. The second kappa shape index (κ2) is 6.76. The Labute approximate surface area is 106 Å². The molecule has 1 rings (SSSR count). The van der Waals surface area contributed by atoms with E-state index in [1.165, 1.54) is 6.92 Å². The van der Waals surface area contributed by atoms with Crippen LogP contribution in [0, 0.1) is 0 Å². The number of anilines is 1. The first-order chi connectivity index (χ1) is 8.52. The predicted molar refractivity (Wildman–Crippen MR) is 69.4 cm³/mol. The van der Waals surface area contributed by atoms with Crippen molar-refractivity contribution in [1.82, 2.24) is 5.32 Å². The molecule has 0 bridgehead atoms. The average Bonchev–Trinajstić information content (AvgIpc) is 2.28. The molecule has 1 unspecified atom stereocenters. The maximum absolute atomic E-state index is 11.9. The van der Waals surface area contributed by atoms with Gasteiger partial charge >= 0.3 is 0 Å². The number of aliphatic hydroxyl groups is 1. The van der Waals surface area contributed by atoms with E-state index in [1.54, 1.807) is 24.3 Å². The van der Waals surface area contributed by atoms with Crippen LogP contribution < -0.4 is 10.6 Å². The first-order valence-corrected chi connectivity index (χ1v) is 5.82. The summed E-state index contributed by atoms with van der Waals surface area (Å²) in [5.74, 6) is -0.399. The number of hydrogen-bond donors (Lipinski definition) is 3. The van der Waals surface area contributed by atoms with E-state index in [2.05, 4.69) is 10.6 Å². The van der Waals surface area contributed by atoms with Crippen LogP contribution in [-0.4, -0.2) is 29.6 Å². The summed E-state index contributed by atoms with van der Waals surface area (Å²) in [5, 5.41) is 14.2. The van der Waals surface area contributed by atoms with Crippen LogP contribution in [0.2, 0.25) is 0 Å². The van der Waals surface area contributed by atoms with E-state index in [1.807, 2.05) is 6.92 Å². The number of amides is 2. The molecule has 2 amide bonds. The van der Waals surface area contributed by atoms with Gasteiger partial charge in [-0.25, -0.2) is 0 Å². The number of hydrogen-bond acceptors (Lipinski definition) is 3. The summed E-state index contributed by atoms with van der Waals surface area (Å²) < 4.78 is 0. The number of aliphatic hydroxyl groups excluding tert-OH is 1. The van der Waals surface area contributed by atoms with E-state index in [0.717, 1.165) is 0 Å². The maximum atomic E-state index is 11.9. The Bertz CT molecular complexity index is 432. The van der Waals surface area contributed by atoms with Gasteiger partial charge in [0.2, 0.25) is 5.91 Å². The molecule has 5 heteroatoms. The van der Waals surface area contributed by atoms with Crippen LogP contribution in [-0.2, 0) is 4.79 Å². The van der Waals surface area contributed by atoms with Crippen molar-refractivity contribution >= 4 is 17.5 Å². The third kappa shape index (κ3) is 4.55. The van der Waals surface area contributed by atoms with Gasteiger partial charge in [-0.1, -0.05) is 6.07 Å². The van der Waals surface area contributed by atoms with Gasteiger partial charge in [0.05, 0.1) is 0 Å². The van der Waals surface area contributed by atoms with Gasteiger partial charge in [0.25, 0.3) is 5.91 Å². The van der Waals surface area contributed by atoms with Gasteiger partial charge in [-0.3, -0.25) is 9.59 Å². The molecule has 98 valence electrons. The Hall–Kier alpha value is -1.88. The fourth-order valence-electron chi connectivity index (χ4n) is 1.51. The summed E-state index contributed by atoms with van der Waals surface area (Å²) in [7, 11) is 0. The Morgan fingerprint density at radius 1 is 1.39 bits per heavy atom. The molecule has 0 fully saturated rings. The van der Waals surface area contributed by atoms with Crippen LogP contribution in [0.3, 0.4) is 0 Å². The molecule has 0 saturated heterocycles. The van der Waals surface area contributed by atoms with Gasteiger partial charge in [-0.2, -0.15) is 0 Å². The van der Waals surface area contributed by atoms with Gasteiger partial charge in [0, 0.05) is 30.8 Å². The maximum Gasteiger partial charge on any atom is 0.251 e. The van der Waals surface area contributed by atoms with Crippen LogP contribution in [0.15, 0.2) is 24.3 Å². The highest BCUT2D eigenvalue weighted by atomic mass is 16.3. The summed E-state index contributed by atoms with van der Waals surface area (Å²) in [5.41, 5.74) is 1.07. The first-order valence-electron chi connectivity index (χ1n) is 5.82. The lowest BCUT2D eigenvalue weighted by Crippen LogP contribution is -2.33. The molecule has 0 aliphatic carbocycles. The van der Waals surface area contributed by atoms with Gasteiger partial charge in [-0.05, 0) is 31.5 Å². The highest BCUT2D eigenvalue weighted by molar-refractivity contribution is 5.96. The molecular weight excluding hydrogens is 232 g/mol. The summed E-state index contributed by atoms with van der Waals surface area (Å²) >= 11 is 0. The molecule has 1 aromatic carbocycles. The molecule has 5 nitrogen and oxygen atoms in total. The van der Waals surface area contributed by atoms with Gasteiger partial charge in [0.15, 0.2) is 0 Å². The summed E-state index contributed by atoms with van der Waals surface area (Å²) in [6.07, 6.45) is 0.511.